The van der Waals surface area contributed by atoms with Crippen LogP contribution in [0.4, 0.5) is 22.0 Å². The number of nitrogens with two attached hydrogens (primary N) is 1. The quantitative estimate of drug-likeness (QED) is 0.481. The summed E-state index contributed by atoms with van der Waals surface area (Å²) in [4.78, 5) is 20.4. The molecule has 0 unspecified atom stereocenters. The number of hydrogen-bond donors (Lipinski definition) is 3. The molecular formula is C21H19N5O2. The second-order valence-corrected chi connectivity index (χ2v) is 6.50. The van der Waals surface area contributed by atoms with Crippen molar-refractivity contribution >= 4 is 34.3 Å². The van der Waals surface area contributed by atoms with Gasteiger partial charge in [0.1, 0.15) is 17.9 Å². The summed E-state index contributed by atoms with van der Waals surface area (Å²) in [6.45, 7) is 3.83. The van der Waals surface area contributed by atoms with Crippen molar-refractivity contribution in [3.05, 3.63) is 66.2 Å². The molecule has 2 aromatic heterocycles. The molecule has 7 heteroatoms. The average molecular weight is 373 g/mol. The highest BCUT2D eigenvalue weighted by Gasteiger charge is 2.17. The monoisotopic (exact) mass is 373 g/mol. The lowest BCUT2D eigenvalue weighted by atomic mass is 10.0. The second kappa shape index (κ2) is 7.03. The fourth-order valence-electron chi connectivity index (χ4n) is 3.15. The van der Waals surface area contributed by atoms with E-state index < -0.39 is 0 Å². The van der Waals surface area contributed by atoms with Gasteiger partial charge in [0.25, 0.3) is 0 Å². The molecule has 0 spiro atoms. The van der Waals surface area contributed by atoms with Gasteiger partial charge < -0.3 is 20.8 Å². The molecule has 4 rings (SSSR count). The lowest BCUT2D eigenvalue weighted by Gasteiger charge is -2.09. The number of carbonyl (C=O) groups is 1. The first-order chi connectivity index (χ1) is 13.5. The summed E-state index contributed by atoms with van der Waals surface area (Å²) < 4.78 is 5.69. The van der Waals surface area contributed by atoms with E-state index in [0.29, 0.717) is 28.4 Å². The molecule has 0 radical (unpaired) electrons. The van der Waals surface area contributed by atoms with E-state index in [0.717, 1.165) is 22.4 Å². The van der Waals surface area contributed by atoms with Gasteiger partial charge in [-0.2, -0.15) is 0 Å². The van der Waals surface area contributed by atoms with Gasteiger partial charge in [-0.1, -0.05) is 24.3 Å². The lowest BCUT2D eigenvalue weighted by Crippen LogP contribution is -2.19. The predicted molar refractivity (Wildman–Crippen MR) is 110 cm³/mol. The van der Waals surface area contributed by atoms with E-state index in [1.807, 2.05) is 62.4 Å². The Labute approximate surface area is 161 Å². The van der Waals surface area contributed by atoms with Crippen LogP contribution in [-0.2, 0) is 0 Å². The summed E-state index contributed by atoms with van der Waals surface area (Å²) in [6, 6.07) is 14.7. The Bertz CT molecular complexity index is 1170. The number of urea groups is 1. The molecule has 0 bridgehead atoms. The highest BCUT2D eigenvalue weighted by molar-refractivity contribution is 6.02. The summed E-state index contributed by atoms with van der Waals surface area (Å²) >= 11 is 0. The molecule has 0 atom stereocenters. The lowest BCUT2D eigenvalue weighted by molar-refractivity contribution is 0.262. The van der Waals surface area contributed by atoms with E-state index in [9.17, 15) is 4.79 Å². The number of fused-ring (bicyclic) bond motifs is 1. The first-order valence-corrected chi connectivity index (χ1v) is 8.76. The number of rotatable bonds is 3. The minimum atomic E-state index is -0.305. The Balaban J connectivity index is 1.55. The van der Waals surface area contributed by atoms with E-state index in [2.05, 4.69) is 20.6 Å². The minimum Gasteiger partial charge on any atom is -0.442 e. The first kappa shape index (κ1) is 17.5. The SMILES string of the molecule is Cc1cccc(NC(=O)Nc2ccc(-c3c(C)oc4ncnc(N)c34)cc2)c1. The summed E-state index contributed by atoms with van der Waals surface area (Å²) in [7, 11) is 0. The van der Waals surface area contributed by atoms with Gasteiger partial charge in [0.05, 0.1) is 5.39 Å². The van der Waals surface area contributed by atoms with Gasteiger partial charge in [-0.3, -0.25) is 0 Å². The summed E-state index contributed by atoms with van der Waals surface area (Å²) in [5.74, 6) is 1.08. The fraction of sp³-hybridized carbons (Fsp3) is 0.0952. The zero-order valence-corrected chi connectivity index (χ0v) is 15.5. The maximum Gasteiger partial charge on any atom is 0.323 e. The normalized spacial score (nSPS) is 10.8. The number of benzene rings is 2. The Kier molecular flexibility index (Phi) is 4.41. The average Bonchev–Trinajstić information content (AvgIpc) is 2.99. The van der Waals surface area contributed by atoms with Crippen molar-refractivity contribution in [3.63, 3.8) is 0 Å². The van der Waals surface area contributed by atoms with Gasteiger partial charge in [-0.25, -0.2) is 14.8 Å². The number of hydrogen-bond acceptors (Lipinski definition) is 5. The van der Waals surface area contributed by atoms with Crippen LogP contribution in [0, 0.1) is 13.8 Å². The van der Waals surface area contributed by atoms with Crippen molar-refractivity contribution in [3.8, 4) is 11.1 Å². The van der Waals surface area contributed by atoms with E-state index >= 15 is 0 Å². The molecule has 7 nitrogen and oxygen atoms in total. The van der Waals surface area contributed by atoms with Gasteiger partial charge in [0.15, 0.2) is 0 Å². The van der Waals surface area contributed by atoms with Crippen molar-refractivity contribution < 1.29 is 9.21 Å². The maximum atomic E-state index is 12.2. The van der Waals surface area contributed by atoms with Crippen LogP contribution >= 0.6 is 0 Å². The van der Waals surface area contributed by atoms with Gasteiger partial charge in [-0.05, 0) is 49.2 Å². The zero-order chi connectivity index (χ0) is 19.7. The summed E-state index contributed by atoms with van der Waals surface area (Å²) in [5, 5.41) is 6.33. The predicted octanol–water partition coefficient (Wildman–Crippen LogP) is 4.73. The third-order valence-electron chi connectivity index (χ3n) is 4.40. The molecule has 2 heterocycles. The van der Waals surface area contributed by atoms with Crippen molar-refractivity contribution in [2.45, 2.75) is 13.8 Å². The van der Waals surface area contributed by atoms with E-state index in [4.69, 9.17) is 10.2 Å². The van der Waals surface area contributed by atoms with Gasteiger partial charge in [-0.15, -0.1) is 0 Å². The van der Waals surface area contributed by atoms with Crippen LogP contribution in [0.2, 0.25) is 0 Å². The highest BCUT2D eigenvalue weighted by atomic mass is 16.3. The molecule has 0 aliphatic carbocycles. The number of nitrogens with one attached hydrogen (secondary N) is 2. The Morgan fingerprint density at radius 1 is 1.00 bits per heavy atom. The smallest absolute Gasteiger partial charge is 0.323 e. The molecule has 0 aliphatic heterocycles. The van der Waals surface area contributed by atoms with Crippen LogP contribution in [-0.4, -0.2) is 16.0 Å². The standard InChI is InChI=1S/C21H19N5O2/c1-12-4-3-5-16(10-12)26-21(27)25-15-8-6-14(7-9-15)17-13(2)28-20-18(17)19(22)23-11-24-20/h3-11H,1-2H3,(H2,22,23,24)(H2,25,26,27). The largest absolute Gasteiger partial charge is 0.442 e. The number of amides is 2. The van der Waals surface area contributed by atoms with E-state index in [1.54, 1.807) is 0 Å². The number of nitrogen functional groups attached to an aromatic ring is 1. The molecule has 0 saturated carbocycles. The van der Waals surface area contributed by atoms with Crippen LogP contribution in [0.5, 0.6) is 0 Å². The Hall–Kier alpha value is -3.87. The number of aromatic nitrogens is 2. The third kappa shape index (κ3) is 3.37. The van der Waals surface area contributed by atoms with Crippen LogP contribution in [0.1, 0.15) is 11.3 Å². The number of furan rings is 1. The molecule has 28 heavy (non-hydrogen) atoms. The van der Waals surface area contributed by atoms with E-state index in [1.165, 1.54) is 6.33 Å². The zero-order valence-electron chi connectivity index (χ0n) is 15.5. The Morgan fingerprint density at radius 2 is 1.75 bits per heavy atom. The maximum absolute atomic E-state index is 12.2. The minimum absolute atomic E-state index is 0.305. The molecule has 0 saturated heterocycles. The van der Waals surface area contributed by atoms with Crippen molar-refractivity contribution in [2.24, 2.45) is 0 Å². The molecule has 4 N–H and O–H groups in total. The molecule has 2 aromatic carbocycles. The van der Waals surface area contributed by atoms with Gasteiger partial charge in [0, 0.05) is 16.9 Å². The first-order valence-electron chi connectivity index (χ1n) is 8.76. The molecule has 140 valence electrons. The second-order valence-electron chi connectivity index (χ2n) is 6.50. The van der Waals surface area contributed by atoms with Crippen LogP contribution in [0.15, 0.2) is 59.3 Å². The highest BCUT2D eigenvalue weighted by Crippen LogP contribution is 2.36. The van der Waals surface area contributed by atoms with Crippen LogP contribution < -0.4 is 16.4 Å². The molecular weight excluding hydrogens is 354 g/mol. The number of nitrogens with zero attached hydrogens (tertiary/aromatic N) is 2. The topological polar surface area (TPSA) is 106 Å². The molecule has 0 fully saturated rings. The van der Waals surface area contributed by atoms with Gasteiger partial charge >= 0.3 is 6.03 Å². The van der Waals surface area contributed by atoms with Gasteiger partial charge in [0.2, 0.25) is 5.71 Å². The molecule has 0 aliphatic rings. The summed E-state index contributed by atoms with van der Waals surface area (Å²) in [6.07, 6.45) is 1.38. The van der Waals surface area contributed by atoms with E-state index in [-0.39, 0.29) is 6.03 Å². The fourth-order valence-corrected chi connectivity index (χ4v) is 3.15. The number of aryl methyl sites for hydroxylation is 2. The van der Waals surface area contributed by atoms with Crippen molar-refractivity contribution in [1.82, 2.24) is 9.97 Å². The van der Waals surface area contributed by atoms with Crippen LogP contribution in [0.3, 0.4) is 0 Å². The van der Waals surface area contributed by atoms with Crippen molar-refractivity contribution in [2.75, 3.05) is 16.4 Å². The third-order valence-corrected chi connectivity index (χ3v) is 4.40. The Morgan fingerprint density at radius 3 is 2.50 bits per heavy atom. The molecule has 2 amide bonds. The number of anilines is 3. The molecule has 4 aromatic rings. The summed E-state index contributed by atoms with van der Waals surface area (Å²) in [5.41, 5.74) is 10.7. The number of carbonyl (C=O) groups excluding carboxylic acids is 1. The van der Waals surface area contributed by atoms with Crippen LogP contribution in [0.25, 0.3) is 22.2 Å². The van der Waals surface area contributed by atoms with Crippen molar-refractivity contribution in [1.29, 1.82) is 0 Å².